The monoisotopic (exact) mass is 470 g/mol. The zero-order valence-corrected chi connectivity index (χ0v) is 18.8. The smallest absolute Gasteiger partial charge is 0.227 e. The van der Waals surface area contributed by atoms with E-state index in [0.717, 1.165) is 11.1 Å². The van der Waals surface area contributed by atoms with Gasteiger partial charge in [0.25, 0.3) is 0 Å². The molecule has 2 heterocycles. The van der Waals surface area contributed by atoms with E-state index in [4.69, 9.17) is 16.1 Å². The van der Waals surface area contributed by atoms with E-state index < -0.39 is 0 Å². The van der Waals surface area contributed by atoms with Crippen LogP contribution in [0.4, 0.5) is 4.39 Å². The van der Waals surface area contributed by atoms with E-state index in [2.05, 4.69) is 10.1 Å². The van der Waals surface area contributed by atoms with Gasteiger partial charge in [0.1, 0.15) is 5.82 Å². The second-order valence-corrected chi connectivity index (χ2v) is 8.37. The van der Waals surface area contributed by atoms with Crippen LogP contribution in [0.2, 0.25) is 5.02 Å². The fourth-order valence-electron chi connectivity index (χ4n) is 3.72. The first-order valence-electron chi connectivity index (χ1n) is 10.9. The standard InChI is InChI=1S/C24H24ClFN4O3/c25-19-8-6-18(7-9-19)24-27-21(33-28-24)2-1-3-22(31)29-12-14-30(15-13-29)23(32)16-17-4-10-20(26)11-5-17/h4-11H,1-3,12-16H2. The van der Waals surface area contributed by atoms with E-state index in [9.17, 15) is 14.0 Å². The normalized spacial score (nSPS) is 13.9. The third-order valence-electron chi connectivity index (χ3n) is 5.61. The summed E-state index contributed by atoms with van der Waals surface area (Å²) in [5.74, 6) is 0.706. The van der Waals surface area contributed by atoms with Crippen molar-refractivity contribution >= 4 is 23.4 Å². The van der Waals surface area contributed by atoms with Crippen LogP contribution in [0.5, 0.6) is 0 Å². The Morgan fingerprint density at radius 1 is 0.939 bits per heavy atom. The molecule has 33 heavy (non-hydrogen) atoms. The molecule has 1 aliphatic rings. The summed E-state index contributed by atoms with van der Waals surface area (Å²) < 4.78 is 18.3. The van der Waals surface area contributed by atoms with Gasteiger partial charge >= 0.3 is 0 Å². The average Bonchev–Trinajstić information content (AvgIpc) is 3.30. The van der Waals surface area contributed by atoms with Gasteiger partial charge in [-0.3, -0.25) is 9.59 Å². The number of piperazine rings is 1. The Kier molecular flexibility index (Phi) is 7.34. The molecule has 1 saturated heterocycles. The number of aromatic nitrogens is 2. The molecule has 0 radical (unpaired) electrons. The van der Waals surface area contributed by atoms with Crippen molar-refractivity contribution in [2.24, 2.45) is 0 Å². The van der Waals surface area contributed by atoms with Crippen molar-refractivity contribution in [1.29, 1.82) is 0 Å². The molecule has 0 aliphatic carbocycles. The van der Waals surface area contributed by atoms with Crippen LogP contribution in [0.15, 0.2) is 53.1 Å². The summed E-state index contributed by atoms with van der Waals surface area (Å²) in [5.41, 5.74) is 1.59. The lowest BCUT2D eigenvalue weighted by Crippen LogP contribution is -2.51. The molecule has 7 nitrogen and oxygen atoms in total. The molecule has 0 N–H and O–H groups in total. The van der Waals surface area contributed by atoms with Crippen molar-refractivity contribution in [1.82, 2.24) is 19.9 Å². The number of benzene rings is 2. The number of rotatable bonds is 7. The summed E-state index contributed by atoms with van der Waals surface area (Å²) in [5, 5.41) is 4.62. The van der Waals surface area contributed by atoms with Gasteiger partial charge in [-0.2, -0.15) is 4.98 Å². The summed E-state index contributed by atoms with van der Waals surface area (Å²) >= 11 is 5.90. The average molecular weight is 471 g/mol. The molecule has 9 heteroatoms. The second-order valence-electron chi connectivity index (χ2n) is 7.94. The summed E-state index contributed by atoms with van der Waals surface area (Å²) in [4.78, 5) is 32.9. The molecule has 0 spiro atoms. The largest absolute Gasteiger partial charge is 0.339 e. The minimum Gasteiger partial charge on any atom is -0.339 e. The zero-order valence-electron chi connectivity index (χ0n) is 18.0. The van der Waals surface area contributed by atoms with Gasteiger partial charge in [-0.1, -0.05) is 28.9 Å². The molecule has 2 amide bonds. The molecule has 172 valence electrons. The molecule has 3 aromatic rings. The number of nitrogens with zero attached hydrogens (tertiary/aromatic N) is 4. The van der Waals surface area contributed by atoms with Crippen LogP contribution in [0, 0.1) is 5.82 Å². The van der Waals surface area contributed by atoms with Gasteiger partial charge in [0.05, 0.1) is 6.42 Å². The van der Waals surface area contributed by atoms with E-state index in [1.54, 1.807) is 34.1 Å². The Bertz CT molecular complexity index is 1090. The van der Waals surface area contributed by atoms with Gasteiger partial charge in [0.15, 0.2) is 0 Å². The molecule has 0 saturated carbocycles. The predicted octanol–water partition coefficient (Wildman–Crippen LogP) is 3.77. The molecule has 4 rings (SSSR count). The SMILES string of the molecule is O=C(CCCc1nc(-c2ccc(Cl)cc2)no1)N1CCN(C(=O)Cc2ccc(F)cc2)CC1. The number of hydrogen-bond acceptors (Lipinski definition) is 5. The second kappa shape index (κ2) is 10.6. The lowest BCUT2D eigenvalue weighted by molar-refractivity contribution is -0.139. The Morgan fingerprint density at radius 3 is 2.24 bits per heavy atom. The maximum absolute atomic E-state index is 13.0. The van der Waals surface area contributed by atoms with Crippen LogP contribution >= 0.6 is 11.6 Å². The Hall–Kier alpha value is -3.26. The molecule has 1 aliphatic heterocycles. The van der Waals surface area contributed by atoms with Gasteiger partial charge < -0.3 is 14.3 Å². The van der Waals surface area contributed by atoms with Crippen LogP contribution in [0.3, 0.4) is 0 Å². The van der Waals surface area contributed by atoms with Crippen LogP contribution in [0.1, 0.15) is 24.3 Å². The molecule has 0 unspecified atom stereocenters. The number of amides is 2. The lowest BCUT2D eigenvalue weighted by atomic mass is 10.1. The highest BCUT2D eigenvalue weighted by Crippen LogP contribution is 2.19. The Labute approximate surface area is 196 Å². The molecular formula is C24H24ClFN4O3. The maximum atomic E-state index is 13.0. The van der Waals surface area contributed by atoms with Crippen molar-refractivity contribution in [2.75, 3.05) is 26.2 Å². The molecular weight excluding hydrogens is 447 g/mol. The van der Waals surface area contributed by atoms with Crippen LogP contribution < -0.4 is 0 Å². The van der Waals surface area contributed by atoms with Crippen molar-refractivity contribution in [3.63, 3.8) is 0 Å². The minimum atomic E-state index is -0.320. The molecule has 0 bridgehead atoms. The first-order valence-corrected chi connectivity index (χ1v) is 11.2. The molecule has 0 atom stereocenters. The number of carbonyl (C=O) groups is 2. The highest BCUT2D eigenvalue weighted by molar-refractivity contribution is 6.30. The van der Waals surface area contributed by atoms with Crippen LogP contribution in [0.25, 0.3) is 11.4 Å². The summed E-state index contributed by atoms with van der Waals surface area (Å²) in [6.07, 6.45) is 1.73. The first-order chi connectivity index (χ1) is 16.0. The fourth-order valence-corrected chi connectivity index (χ4v) is 3.84. The molecule has 2 aromatic carbocycles. The number of carbonyl (C=O) groups excluding carboxylic acids is 2. The predicted molar refractivity (Wildman–Crippen MR) is 121 cm³/mol. The van der Waals surface area contributed by atoms with Crippen LogP contribution in [-0.2, 0) is 22.4 Å². The Morgan fingerprint density at radius 2 is 1.58 bits per heavy atom. The molecule has 1 fully saturated rings. The first kappa shape index (κ1) is 22.9. The van der Waals surface area contributed by atoms with Crippen molar-refractivity contribution in [3.05, 3.63) is 70.8 Å². The minimum absolute atomic E-state index is 0.0124. The number of hydrogen-bond donors (Lipinski definition) is 0. The van der Waals surface area contributed by atoms with E-state index >= 15 is 0 Å². The quantitative estimate of drug-likeness (QED) is 0.525. The van der Waals surface area contributed by atoms with Gasteiger partial charge in [-0.25, -0.2) is 4.39 Å². The van der Waals surface area contributed by atoms with E-state index in [-0.39, 0.29) is 24.1 Å². The van der Waals surface area contributed by atoms with Crippen LogP contribution in [-0.4, -0.2) is 57.9 Å². The molecule has 1 aromatic heterocycles. The van der Waals surface area contributed by atoms with Crippen molar-refractivity contribution in [2.45, 2.75) is 25.7 Å². The van der Waals surface area contributed by atoms with Crippen molar-refractivity contribution < 1.29 is 18.5 Å². The lowest BCUT2D eigenvalue weighted by Gasteiger charge is -2.35. The van der Waals surface area contributed by atoms with Gasteiger partial charge in [0.2, 0.25) is 23.5 Å². The fraction of sp³-hybridized carbons (Fsp3) is 0.333. The number of halogens is 2. The summed E-state index contributed by atoms with van der Waals surface area (Å²) in [6, 6.07) is 13.1. The third kappa shape index (κ3) is 6.16. The highest BCUT2D eigenvalue weighted by atomic mass is 35.5. The van der Waals surface area contributed by atoms with Crippen molar-refractivity contribution in [3.8, 4) is 11.4 Å². The van der Waals surface area contributed by atoms with Gasteiger partial charge in [0, 0.05) is 49.6 Å². The Balaban J connectivity index is 1.18. The highest BCUT2D eigenvalue weighted by Gasteiger charge is 2.24. The zero-order chi connectivity index (χ0) is 23.2. The summed E-state index contributed by atoms with van der Waals surface area (Å²) in [6.45, 7) is 2.02. The third-order valence-corrected chi connectivity index (χ3v) is 5.86. The number of aryl methyl sites for hydroxylation is 1. The van der Waals surface area contributed by atoms with E-state index in [1.807, 2.05) is 12.1 Å². The van der Waals surface area contributed by atoms with E-state index in [0.29, 0.717) is 62.2 Å². The van der Waals surface area contributed by atoms with E-state index in [1.165, 1.54) is 12.1 Å². The van der Waals surface area contributed by atoms with Gasteiger partial charge in [-0.05, 0) is 48.4 Å². The van der Waals surface area contributed by atoms with Gasteiger partial charge in [-0.15, -0.1) is 0 Å². The topological polar surface area (TPSA) is 79.5 Å². The maximum Gasteiger partial charge on any atom is 0.227 e. The summed E-state index contributed by atoms with van der Waals surface area (Å²) in [7, 11) is 0.